The van der Waals surface area contributed by atoms with Crippen molar-refractivity contribution in [3.8, 4) is 11.5 Å². The highest BCUT2D eigenvalue weighted by Gasteiger charge is 2.64. The summed E-state index contributed by atoms with van der Waals surface area (Å²) in [5, 5.41) is 2.25. The lowest BCUT2D eigenvalue weighted by atomic mass is 9.95. The van der Waals surface area contributed by atoms with Crippen molar-refractivity contribution in [1.29, 1.82) is 0 Å². The van der Waals surface area contributed by atoms with Crippen LogP contribution in [0.2, 0.25) is 0 Å². The van der Waals surface area contributed by atoms with Crippen LogP contribution in [-0.2, 0) is 28.7 Å². The summed E-state index contributed by atoms with van der Waals surface area (Å²) in [6.07, 6.45) is 0. The van der Waals surface area contributed by atoms with E-state index in [4.69, 9.17) is 24.7 Å². The van der Waals surface area contributed by atoms with Crippen molar-refractivity contribution < 1.29 is 38.1 Å². The minimum atomic E-state index is -1.02. The largest absolute Gasteiger partial charge is 0.454 e. The Hall–Kier alpha value is -2.99. The Bertz CT molecular complexity index is 1070. The van der Waals surface area contributed by atoms with E-state index in [0.717, 1.165) is 0 Å². The molecule has 0 radical (unpaired) electrons. The summed E-state index contributed by atoms with van der Waals surface area (Å²) < 4.78 is 20.1. The summed E-state index contributed by atoms with van der Waals surface area (Å²) >= 11 is 1.38. The number of ether oxygens (including phenoxy) is 4. The maximum absolute atomic E-state index is 12.9. The molecule has 2 saturated heterocycles. The Morgan fingerprint density at radius 1 is 1.23 bits per heavy atom. The number of hydrogen-bond acceptors (Lipinski definition) is 10. The minimum Gasteiger partial charge on any atom is -0.454 e. The SMILES string of the molecule is CC(C)(C)C(=O)OCOC(=O)[C@@H]1N2C(=O)[C@@H](NC(=O)C(N)c3ccc4c(c3)OCO4)[C@H]2SC1(C)C. The van der Waals surface area contributed by atoms with Crippen LogP contribution in [0.3, 0.4) is 0 Å². The molecule has 0 aromatic heterocycles. The lowest BCUT2D eigenvalue weighted by Crippen LogP contribution is -2.71. The smallest absolute Gasteiger partial charge is 0.333 e. The highest BCUT2D eigenvalue weighted by Crippen LogP contribution is 2.51. The van der Waals surface area contributed by atoms with Crippen LogP contribution in [-0.4, -0.2) is 64.4 Å². The Balaban J connectivity index is 1.37. The fraction of sp³-hybridized carbons (Fsp3) is 0.565. The van der Waals surface area contributed by atoms with Gasteiger partial charge in [-0.25, -0.2) is 4.79 Å². The number of thioether (sulfide) groups is 1. The van der Waals surface area contributed by atoms with Crippen LogP contribution in [0.1, 0.15) is 46.2 Å². The first-order valence-electron chi connectivity index (χ1n) is 11.1. The molecule has 3 aliphatic heterocycles. The van der Waals surface area contributed by atoms with Crippen molar-refractivity contribution in [2.45, 2.75) is 62.9 Å². The van der Waals surface area contributed by atoms with Crippen molar-refractivity contribution in [3.63, 3.8) is 0 Å². The number of β-lactam (4-membered cyclic amide) rings is 1. The Morgan fingerprint density at radius 2 is 1.91 bits per heavy atom. The van der Waals surface area contributed by atoms with Crippen LogP contribution >= 0.6 is 11.8 Å². The fourth-order valence-corrected chi connectivity index (χ4v) is 5.68. The van der Waals surface area contributed by atoms with Crippen LogP contribution in [0.4, 0.5) is 0 Å². The quantitative estimate of drug-likeness (QED) is 0.325. The van der Waals surface area contributed by atoms with E-state index >= 15 is 0 Å². The number of nitrogens with one attached hydrogen (secondary N) is 1. The zero-order valence-electron chi connectivity index (χ0n) is 20.2. The van der Waals surface area contributed by atoms with Gasteiger partial charge < -0.3 is 34.9 Å². The second kappa shape index (κ2) is 8.90. The fourth-order valence-electron chi connectivity index (χ4n) is 4.06. The molecule has 1 aromatic carbocycles. The van der Waals surface area contributed by atoms with Crippen LogP contribution in [0.15, 0.2) is 18.2 Å². The molecule has 1 aromatic rings. The maximum Gasteiger partial charge on any atom is 0.333 e. The third kappa shape index (κ3) is 4.64. The van der Waals surface area contributed by atoms with Crippen molar-refractivity contribution in [2.24, 2.45) is 11.1 Å². The molecule has 4 atom stereocenters. The number of esters is 2. The number of fused-ring (bicyclic) bond motifs is 2. The zero-order valence-corrected chi connectivity index (χ0v) is 21.0. The molecule has 0 aliphatic carbocycles. The molecule has 1 unspecified atom stereocenters. The summed E-state index contributed by atoms with van der Waals surface area (Å²) in [5.74, 6) is -1.05. The van der Waals surface area contributed by atoms with E-state index in [0.29, 0.717) is 17.1 Å². The number of rotatable bonds is 6. The summed E-state index contributed by atoms with van der Waals surface area (Å²) in [5.41, 5.74) is 5.90. The monoisotopic (exact) mass is 507 g/mol. The van der Waals surface area contributed by atoms with Gasteiger partial charge in [-0.3, -0.25) is 14.4 Å². The second-order valence-electron chi connectivity index (χ2n) is 10.1. The highest BCUT2D eigenvalue weighted by atomic mass is 32.2. The third-order valence-electron chi connectivity index (χ3n) is 6.00. The Morgan fingerprint density at radius 3 is 2.60 bits per heavy atom. The molecule has 0 bridgehead atoms. The molecule has 3 heterocycles. The number of carbonyl (C=O) groups is 4. The van der Waals surface area contributed by atoms with Crippen molar-refractivity contribution in [3.05, 3.63) is 23.8 Å². The van der Waals surface area contributed by atoms with E-state index in [2.05, 4.69) is 5.32 Å². The average molecular weight is 508 g/mol. The Kier molecular flexibility index (Phi) is 6.39. The van der Waals surface area contributed by atoms with Crippen molar-refractivity contribution in [1.82, 2.24) is 10.2 Å². The van der Waals surface area contributed by atoms with Gasteiger partial charge in [0.15, 0.2) is 11.5 Å². The normalized spacial score (nSPS) is 24.8. The van der Waals surface area contributed by atoms with E-state index in [-0.39, 0.29) is 6.79 Å². The number of benzene rings is 1. The van der Waals surface area contributed by atoms with Gasteiger partial charge in [-0.15, -0.1) is 11.8 Å². The number of hydrogen-bond donors (Lipinski definition) is 2. The molecule has 2 fully saturated rings. The van der Waals surface area contributed by atoms with Crippen molar-refractivity contribution >= 4 is 35.5 Å². The van der Waals surface area contributed by atoms with E-state index in [1.54, 1.807) is 39.0 Å². The van der Waals surface area contributed by atoms with E-state index < -0.39 is 64.2 Å². The molecule has 11 nitrogen and oxygen atoms in total. The number of nitrogens with two attached hydrogens (primary N) is 1. The standard InChI is InChI=1S/C23H29N3O8S/c1-22(2,3)21(30)34-10-33-20(29)16-23(4,5)35-19-15(18(28)26(16)19)25-17(27)14(24)11-6-7-12-13(8-11)32-9-31-12/h6-8,14-16,19H,9-10,24H2,1-5H3,(H,25,27)/t14?,15-,16+,19-/m1/s1. The molecular weight excluding hydrogens is 478 g/mol. The summed E-state index contributed by atoms with van der Waals surface area (Å²) in [6.45, 7) is 8.24. The van der Waals surface area contributed by atoms with Gasteiger partial charge in [0.1, 0.15) is 23.5 Å². The van der Waals surface area contributed by atoms with E-state index in [1.165, 1.54) is 16.7 Å². The molecule has 35 heavy (non-hydrogen) atoms. The summed E-state index contributed by atoms with van der Waals surface area (Å²) in [6, 6.07) is 2.22. The highest BCUT2D eigenvalue weighted by molar-refractivity contribution is 8.01. The predicted octanol–water partition coefficient (Wildman–Crippen LogP) is 1.05. The van der Waals surface area contributed by atoms with Gasteiger partial charge >= 0.3 is 11.9 Å². The van der Waals surface area contributed by atoms with E-state index in [9.17, 15) is 19.2 Å². The molecule has 3 aliphatic rings. The first-order chi connectivity index (χ1) is 16.3. The lowest BCUT2D eigenvalue weighted by molar-refractivity contribution is -0.180. The lowest BCUT2D eigenvalue weighted by Gasteiger charge is -2.44. The molecule has 12 heteroatoms. The van der Waals surface area contributed by atoms with Gasteiger partial charge in [-0.05, 0) is 52.3 Å². The molecule has 0 saturated carbocycles. The number of amides is 2. The average Bonchev–Trinajstić information content (AvgIpc) is 3.35. The topological polar surface area (TPSA) is 146 Å². The van der Waals surface area contributed by atoms with Crippen LogP contribution < -0.4 is 20.5 Å². The maximum atomic E-state index is 12.9. The first kappa shape index (κ1) is 25.1. The minimum absolute atomic E-state index is 0.101. The molecular formula is C23H29N3O8S. The Labute approximate surface area is 206 Å². The summed E-state index contributed by atoms with van der Waals surface area (Å²) in [4.78, 5) is 51.8. The van der Waals surface area contributed by atoms with E-state index in [1.807, 2.05) is 13.8 Å². The zero-order chi connectivity index (χ0) is 25.7. The van der Waals surface area contributed by atoms with Gasteiger partial charge in [0.25, 0.3) is 0 Å². The van der Waals surface area contributed by atoms with Gasteiger partial charge in [0.05, 0.1) is 5.41 Å². The van der Waals surface area contributed by atoms with Gasteiger partial charge in [0, 0.05) is 4.75 Å². The molecule has 190 valence electrons. The van der Waals surface area contributed by atoms with Crippen LogP contribution in [0.25, 0.3) is 0 Å². The molecule has 0 spiro atoms. The van der Waals surface area contributed by atoms with Gasteiger partial charge in [-0.1, -0.05) is 6.07 Å². The number of carbonyl (C=O) groups excluding carboxylic acids is 4. The van der Waals surface area contributed by atoms with Gasteiger partial charge in [-0.2, -0.15) is 0 Å². The molecule has 3 N–H and O–H groups in total. The number of nitrogens with zero attached hydrogens (tertiary/aromatic N) is 1. The summed E-state index contributed by atoms with van der Waals surface area (Å²) in [7, 11) is 0. The van der Waals surface area contributed by atoms with Crippen LogP contribution in [0, 0.1) is 5.41 Å². The third-order valence-corrected chi connectivity index (χ3v) is 7.58. The predicted molar refractivity (Wildman–Crippen MR) is 124 cm³/mol. The first-order valence-corrected chi connectivity index (χ1v) is 12.0. The molecule has 4 rings (SSSR count). The second-order valence-corrected chi connectivity index (χ2v) is 11.9. The van der Waals surface area contributed by atoms with Gasteiger partial charge in [0.2, 0.25) is 25.4 Å². The molecule has 2 amide bonds. The van der Waals surface area contributed by atoms with Crippen LogP contribution in [0.5, 0.6) is 11.5 Å². The van der Waals surface area contributed by atoms with Crippen molar-refractivity contribution in [2.75, 3.05) is 13.6 Å².